The Kier molecular flexibility index (Phi) is 6.36. The van der Waals surface area contributed by atoms with E-state index in [-0.39, 0.29) is 18.8 Å². The molecule has 2 amide bonds. The van der Waals surface area contributed by atoms with E-state index in [1.165, 1.54) is 18.2 Å². The number of aryl methyl sites for hydroxylation is 1. The zero-order valence-electron chi connectivity index (χ0n) is 16.9. The van der Waals surface area contributed by atoms with Crippen LogP contribution in [-0.4, -0.2) is 38.1 Å². The molecule has 2 aromatic carbocycles. The third-order valence-corrected chi connectivity index (χ3v) is 4.33. The van der Waals surface area contributed by atoms with Gasteiger partial charge in [-0.15, -0.1) is 0 Å². The largest absolute Gasteiger partial charge is 0.493 e. The molecule has 8 heteroatoms. The van der Waals surface area contributed by atoms with Gasteiger partial charge < -0.3 is 14.2 Å². The summed E-state index contributed by atoms with van der Waals surface area (Å²) in [7, 11) is 1.45. The van der Waals surface area contributed by atoms with Crippen molar-refractivity contribution >= 4 is 29.5 Å². The molecule has 0 saturated carbocycles. The van der Waals surface area contributed by atoms with Crippen LogP contribution in [0.2, 0.25) is 0 Å². The molecule has 1 aliphatic heterocycles. The minimum atomic E-state index is -0.498. The summed E-state index contributed by atoms with van der Waals surface area (Å²) in [5.41, 5.74) is 4.75. The van der Waals surface area contributed by atoms with Gasteiger partial charge in [0.05, 0.1) is 19.4 Å². The predicted octanol–water partition coefficient (Wildman–Crippen LogP) is 2.41. The fraction of sp³-hybridized carbons (Fsp3) is 0.227. The van der Waals surface area contributed by atoms with Crippen LogP contribution in [0.3, 0.4) is 0 Å². The summed E-state index contributed by atoms with van der Waals surface area (Å²) in [6.07, 6.45) is 1.48. The van der Waals surface area contributed by atoms with E-state index in [0.29, 0.717) is 22.7 Å². The normalized spacial score (nSPS) is 14.6. The van der Waals surface area contributed by atoms with E-state index in [9.17, 15) is 14.4 Å². The number of nitrogens with zero attached hydrogens (tertiary/aromatic N) is 1. The average molecular weight is 410 g/mol. The second kappa shape index (κ2) is 9.13. The number of carbonyl (C=O) groups excluding carboxylic acids is 3. The summed E-state index contributed by atoms with van der Waals surface area (Å²) in [4.78, 5) is 36.6. The molecule has 3 rings (SSSR count). The van der Waals surface area contributed by atoms with Crippen molar-refractivity contribution in [2.45, 2.75) is 13.8 Å². The van der Waals surface area contributed by atoms with Crippen LogP contribution in [0, 0.1) is 6.92 Å². The fourth-order valence-corrected chi connectivity index (χ4v) is 2.83. The van der Waals surface area contributed by atoms with Crippen LogP contribution in [0.1, 0.15) is 18.1 Å². The Hall–Kier alpha value is -3.81. The lowest BCUT2D eigenvalue weighted by molar-refractivity contribution is -0.145. The molecular formula is C22H22N2O6. The van der Waals surface area contributed by atoms with E-state index in [2.05, 4.69) is 5.43 Å². The Labute approximate surface area is 174 Å². The third-order valence-electron chi connectivity index (χ3n) is 4.33. The number of hydrogen-bond donors (Lipinski definition) is 1. The Morgan fingerprint density at radius 2 is 1.83 bits per heavy atom. The molecule has 0 atom stereocenters. The van der Waals surface area contributed by atoms with Gasteiger partial charge in [-0.3, -0.25) is 15.0 Å². The smallest absolute Gasteiger partial charge is 0.344 e. The first kappa shape index (κ1) is 20.9. The maximum Gasteiger partial charge on any atom is 0.344 e. The maximum atomic E-state index is 12.7. The Balaban J connectivity index is 1.80. The number of amides is 2. The van der Waals surface area contributed by atoms with Crippen molar-refractivity contribution in [2.75, 3.05) is 25.3 Å². The van der Waals surface area contributed by atoms with E-state index in [1.807, 2.05) is 19.1 Å². The third kappa shape index (κ3) is 4.60. The van der Waals surface area contributed by atoms with Crippen molar-refractivity contribution in [3.63, 3.8) is 0 Å². The first-order chi connectivity index (χ1) is 14.4. The second-order valence-corrected chi connectivity index (χ2v) is 6.48. The number of esters is 1. The summed E-state index contributed by atoms with van der Waals surface area (Å²) in [5, 5.41) is 1.21. The van der Waals surface area contributed by atoms with Gasteiger partial charge >= 0.3 is 5.97 Å². The van der Waals surface area contributed by atoms with Gasteiger partial charge in [-0.1, -0.05) is 23.8 Å². The number of nitrogens with one attached hydrogen (secondary N) is 1. The van der Waals surface area contributed by atoms with Crippen LogP contribution >= 0.6 is 0 Å². The highest BCUT2D eigenvalue weighted by Crippen LogP contribution is 2.30. The minimum Gasteiger partial charge on any atom is -0.493 e. The first-order valence-corrected chi connectivity index (χ1v) is 9.33. The Bertz CT molecular complexity index is 997. The van der Waals surface area contributed by atoms with Gasteiger partial charge in [0, 0.05) is 0 Å². The van der Waals surface area contributed by atoms with E-state index < -0.39 is 17.8 Å². The predicted molar refractivity (Wildman–Crippen MR) is 110 cm³/mol. The van der Waals surface area contributed by atoms with E-state index >= 15 is 0 Å². The molecule has 1 saturated heterocycles. The van der Waals surface area contributed by atoms with Gasteiger partial charge in [-0.25, -0.2) is 9.80 Å². The fourth-order valence-electron chi connectivity index (χ4n) is 2.83. The number of carbonyl (C=O) groups is 3. The molecule has 1 aliphatic rings. The standard InChI is InChI=1S/C22H22N2O6/c1-4-29-20(25)13-30-18-10-7-15(12-19(18)28-3)11-17-21(26)23-24(22(17)27)16-8-5-14(2)6-9-16/h5-12H,4,13H2,1-3H3,(H,23,26)/b17-11-. The molecule has 0 radical (unpaired) electrons. The molecule has 1 heterocycles. The summed E-state index contributed by atoms with van der Waals surface area (Å²) >= 11 is 0. The van der Waals surface area contributed by atoms with Crippen molar-refractivity contribution in [3.8, 4) is 11.5 Å². The zero-order valence-corrected chi connectivity index (χ0v) is 16.9. The maximum absolute atomic E-state index is 12.7. The van der Waals surface area contributed by atoms with Crippen LogP contribution in [0.5, 0.6) is 11.5 Å². The topological polar surface area (TPSA) is 94.2 Å². The minimum absolute atomic E-state index is 0.00202. The van der Waals surface area contributed by atoms with Crippen LogP contribution in [-0.2, 0) is 19.1 Å². The number of anilines is 1. The molecule has 0 bridgehead atoms. The monoisotopic (exact) mass is 410 g/mol. The zero-order chi connectivity index (χ0) is 21.7. The average Bonchev–Trinajstić information content (AvgIpc) is 3.01. The first-order valence-electron chi connectivity index (χ1n) is 9.33. The molecule has 0 aromatic heterocycles. The highest BCUT2D eigenvalue weighted by atomic mass is 16.6. The van der Waals surface area contributed by atoms with Crippen molar-refractivity contribution in [1.29, 1.82) is 0 Å². The molecule has 1 fully saturated rings. The summed E-state index contributed by atoms with van der Waals surface area (Å²) in [5.74, 6) is -0.742. The van der Waals surface area contributed by atoms with E-state index in [4.69, 9.17) is 14.2 Å². The highest BCUT2D eigenvalue weighted by molar-refractivity contribution is 6.31. The van der Waals surface area contributed by atoms with Crippen molar-refractivity contribution < 1.29 is 28.6 Å². The number of hydrogen-bond acceptors (Lipinski definition) is 6. The molecule has 0 aliphatic carbocycles. The van der Waals surface area contributed by atoms with Gasteiger partial charge in [-0.2, -0.15) is 0 Å². The van der Waals surface area contributed by atoms with Crippen LogP contribution in [0.25, 0.3) is 6.08 Å². The molecule has 30 heavy (non-hydrogen) atoms. The molecule has 2 aromatic rings. The lowest BCUT2D eigenvalue weighted by Crippen LogP contribution is -2.35. The molecular weight excluding hydrogens is 388 g/mol. The SMILES string of the molecule is CCOC(=O)COc1ccc(/C=C2/C(=O)NN(c3ccc(C)cc3)C2=O)cc1OC. The van der Waals surface area contributed by atoms with Crippen LogP contribution in [0.4, 0.5) is 5.69 Å². The van der Waals surface area contributed by atoms with Crippen molar-refractivity contribution in [1.82, 2.24) is 5.43 Å². The van der Waals surface area contributed by atoms with Gasteiger partial charge in [-0.05, 0) is 49.8 Å². The molecule has 1 N–H and O–H groups in total. The van der Waals surface area contributed by atoms with E-state index in [0.717, 1.165) is 5.56 Å². The van der Waals surface area contributed by atoms with Gasteiger partial charge in [0.1, 0.15) is 5.57 Å². The van der Waals surface area contributed by atoms with Gasteiger partial charge in [0.15, 0.2) is 18.1 Å². The number of methoxy groups -OCH3 is 1. The Morgan fingerprint density at radius 3 is 2.50 bits per heavy atom. The van der Waals surface area contributed by atoms with E-state index in [1.54, 1.807) is 37.3 Å². The molecule has 8 nitrogen and oxygen atoms in total. The van der Waals surface area contributed by atoms with Crippen LogP contribution in [0.15, 0.2) is 48.0 Å². The van der Waals surface area contributed by atoms with Crippen molar-refractivity contribution in [2.24, 2.45) is 0 Å². The van der Waals surface area contributed by atoms with Gasteiger partial charge in [0.2, 0.25) is 0 Å². The van der Waals surface area contributed by atoms with Crippen molar-refractivity contribution in [3.05, 3.63) is 59.2 Å². The molecule has 0 spiro atoms. The number of rotatable bonds is 7. The number of benzene rings is 2. The lowest BCUT2D eigenvalue weighted by atomic mass is 10.1. The quantitative estimate of drug-likeness (QED) is 0.428. The number of ether oxygens (including phenoxy) is 3. The summed E-state index contributed by atoms with van der Waals surface area (Å²) in [6, 6.07) is 12.1. The summed E-state index contributed by atoms with van der Waals surface area (Å²) < 4.78 is 15.5. The molecule has 156 valence electrons. The lowest BCUT2D eigenvalue weighted by Gasteiger charge is -2.14. The molecule has 0 unspecified atom stereocenters. The second-order valence-electron chi connectivity index (χ2n) is 6.48. The number of hydrazine groups is 1. The summed E-state index contributed by atoms with van der Waals surface area (Å²) in [6.45, 7) is 3.66. The Morgan fingerprint density at radius 1 is 1.10 bits per heavy atom. The van der Waals surface area contributed by atoms with Crippen LogP contribution < -0.4 is 19.9 Å². The highest BCUT2D eigenvalue weighted by Gasteiger charge is 2.34. The van der Waals surface area contributed by atoms with Gasteiger partial charge in [0.25, 0.3) is 11.8 Å².